The molecule has 2 aliphatic heterocycles. The number of para-hydroxylation sites is 1. The lowest BCUT2D eigenvalue weighted by Crippen LogP contribution is -2.43. The fourth-order valence-corrected chi connectivity index (χ4v) is 5.49. The Kier molecular flexibility index (Phi) is 7.68. The molecule has 2 aliphatic rings. The quantitative estimate of drug-likeness (QED) is 0.443. The molecule has 0 saturated carbocycles. The number of hydrogen-bond donors (Lipinski definition) is 2. The van der Waals surface area contributed by atoms with Crippen molar-refractivity contribution in [2.45, 2.75) is 32.0 Å². The molecule has 0 atom stereocenters. The molecule has 5 rings (SSSR count). The minimum absolute atomic E-state index is 0.0529. The Balaban J connectivity index is 1.17. The summed E-state index contributed by atoms with van der Waals surface area (Å²) in [6.07, 6.45) is 2.92. The molecule has 0 bridgehead atoms. The number of benzene rings is 2. The molecule has 2 N–H and O–H groups in total. The monoisotopic (exact) mass is 540 g/mol. The molecule has 2 aromatic carbocycles. The number of aromatic nitrogens is 1. The SMILES string of the molecule is CS(=O)(=O)NC(=O)c1cc(=O)n(CCN2CCC(NCc3ccc4c(c3)OCCO4)CC2)c2ccccc12. The summed E-state index contributed by atoms with van der Waals surface area (Å²) < 4.78 is 37.9. The Morgan fingerprint density at radius 3 is 2.50 bits per heavy atom. The molecule has 1 aromatic heterocycles. The Bertz CT molecular complexity index is 1500. The summed E-state index contributed by atoms with van der Waals surface area (Å²) in [6, 6.07) is 14.8. The second-order valence-corrected chi connectivity index (χ2v) is 11.5. The minimum Gasteiger partial charge on any atom is -0.486 e. The highest BCUT2D eigenvalue weighted by Gasteiger charge is 2.21. The molecule has 1 amide bonds. The van der Waals surface area contributed by atoms with Crippen molar-refractivity contribution in [1.82, 2.24) is 19.5 Å². The van der Waals surface area contributed by atoms with Crippen LogP contribution in [0.25, 0.3) is 10.9 Å². The van der Waals surface area contributed by atoms with Crippen molar-refractivity contribution in [1.29, 1.82) is 0 Å². The average Bonchev–Trinajstić information content (AvgIpc) is 2.90. The van der Waals surface area contributed by atoms with Crippen molar-refractivity contribution in [2.24, 2.45) is 0 Å². The zero-order chi connectivity index (χ0) is 26.7. The number of piperidine rings is 1. The number of carbonyl (C=O) groups excluding carboxylic acids is 1. The van der Waals surface area contributed by atoms with E-state index in [0.717, 1.165) is 55.8 Å². The summed E-state index contributed by atoms with van der Waals surface area (Å²) in [4.78, 5) is 27.8. The zero-order valence-corrected chi connectivity index (χ0v) is 22.1. The van der Waals surface area contributed by atoms with E-state index in [1.54, 1.807) is 28.8 Å². The van der Waals surface area contributed by atoms with Gasteiger partial charge >= 0.3 is 0 Å². The van der Waals surface area contributed by atoms with E-state index < -0.39 is 15.9 Å². The highest BCUT2D eigenvalue weighted by atomic mass is 32.2. The second kappa shape index (κ2) is 11.1. The molecular formula is C27H32N4O6S. The lowest BCUT2D eigenvalue weighted by atomic mass is 10.0. The molecule has 10 nitrogen and oxygen atoms in total. The van der Waals surface area contributed by atoms with E-state index in [4.69, 9.17) is 9.47 Å². The lowest BCUT2D eigenvalue weighted by molar-refractivity contribution is 0.0983. The van der Waals surface area contributed by atoms with Gasteiger partial charge in [0.05, 0.1) is 17.3 Å². The first kappa shape index (κ1) is 26.2. The summed E-state index contributed by atoms with van der Waals surface area (Å²) >= 11 is 0. The predicted octanol–water partition coefficient (Wildman–Crippen LogP) is 1.72. The maximum absolute atomic E-state index is 12.9. The molecule has 11 heteroatoms. The van der Waals surface area contributed by atoms with Gasteiger partial charge < -0.3 is 24.3 Å². The number of hydrogen-bond acceptors (Lipinski definition) is 8. The molecule has 3 heterocycles. The lowest BCUT2D eigenvalue weighted by Gasteiger charge is -2.32. The molecule has 0 spiro atoms. The van der Waals surface area contributed by atoms with Crippen LogP contribution >= 0.6 is 0 Å². The van der Waals surface area contributed by atoms with Crippen LogP contribution in [0.2, 0.25) is 0 Å². The number of carbonyl (C=O) groups is 1. The van der Waals surface area contributed by atoms with Gasteiger partial charge in [-0.2, -0.15) is 0 Å². The Labute approximate surface area is 221 Å². The van der Waals surface area contributed by atoms with Gasteiger partial charge in [0.15, 0.2) is 11.5 Å². The van der Waals surface area contributed by atoms with Gasteiger partial charge in [-0.3, -0.25) is 9.59 Å². The van der Waals surface area contributed by atoms with Crippen LogP contribution in [-0.4, -0.2) is 68.9 Å². The maximum Gasteiger partial charge on any atom is 0.265 e. The van der Waals surface area contributed by atoms with Crippen LogP contribution < -0.4 is 25.1 Å². The van der Waals surface area contributed by atoms with E-state index in [1.165, 1.54) is 6.07 Å². The number of likely N-dealkylation sites (tertiary alicyclic amines) is 1. The number of sulfonamides is 1. The van der Waals surface area contributed by atoms with Gasteiger partial charge in [-0.25, -0.2) is 13.1 Å². The van der Waals surface area contributed by atoms with Crippen LogP contribution in [0.5, 0.6) is 11.5 Å². The number of amides is 1. The van der Waals surface area contributed by atoms with Crippen molar-refractivity contribution in [3.05, 3.63) is 70.0 Å². The Morgan fingerprint density at radius 2 is 1.74 bits per heavy atom. The van der Waals surface area contributed by atoms with Gasteiger partial charge in [0.25, 0.3) is 11.5 Å². The van der Waals surface area contributed by atoms with E-state index in [1.807, 2.05) is 16.9 Å². The first-order valence-electron chi connectivity index (χ1n) is 12.8. The third-order valence-electron chi connectivity index (χ3n) is 6.97. The molecule has 202 valence electrons. The van der Waals surface area contributed by atoms with Gasteiger partial charge in [0.2, 0.25) is 10.0 Å². The number of nitrogens with zero attached hydrogens (tertiary/aromatic N) is 2. The average molecular weight is 541 g/mol. The number of rotatable bonds is 8. The topological polar surface area (TPSA) is 119 Å². The smallest absolute Gasteiger partial charge is 0.265 e. The van der Waals surface area contributed by atoms with E-state index in [0.29, 0.717) is 43.2 Å². The second-order valence-electron chi connectivity index (χ2n) is 9.74. The largest absolute Gasteiger partial charge is 0.486 e. The van der Waals surface area contributed by atoms with Gasteiger partial charge in [0, 0.05) is 37.1 Å². The Morgan fingerprint density at radius 1 is 1.00 bits per heavy atom. The third-order valence-corrected chi connectivity index (χ3v) is 7.53. The molecule has 38 heavy (non-hydrogen) atoms. The molecule has 0 radical (unpaired) electrons. The summed E-state index contributed by atoms with van der Waals surface area (Å²) in [6.45, 7) is 4.94. The van der Waals surface area contributed by atoms with Crippen LogP contribution in [0.1, 0.15) is 28.8 Å². The maximum atomic E-state index is 12.9. The molecule has 1 fully saturated rings. The van der Waals surface area contributed by atoms with Gasteiger partial charge in [-0.1, -0.05) is 24.3 Å². The minimum atomic E-state index is -3.75. The normalized spacial score (nSPS) is 16.4. The van der Waals surface area contributed by atoms with Crippen molar-refractivity contribution < 1.29 is 22.7 Å². The number of pyridine rings is 1. The summed E-state index contributed by atoms with van der Waals surface area (Å²) in [7, 11) is -3.75. The van der Waals surface area contributed by atoms with Crippen LogP contribution in [0.4, 0.5) is 0 Å². The highest BCUT2D eigenvalue weighted by Crippen LogP contribution is 2.30. The number of nitrogens with one attached hydrogen (secondary N) is 2. The van der Waals surface area contributed by atoms with E-state index in [-0.39, 0.29) is 11.1 Å². The summed E-state index contributed by atoms with van der Waals surface area (Å²) in [5.74, 6) is 0.794. The van der Waals surface area contributed by atoms with Crippen LogP contribution in [0.3, 0.4) is 0 Å². The van der Waals surface area contributed by atoms with E-state index in [2.05, 4.69) is 16.3 Å². The van der Waals surface area contributed by atoms with Crippen molar-refractivity contribution >= 4 is 26.8 Å². The molecular weight excluding hydrogens is 508 g/mol. The Hall–Kier alpha value is -3.41. The fourth-order valence-electron chi connectivity index (χ4n) is 5.04. The summed E-state index contributed by atoms with van der Waals surface area (Å²) in [5.41, 5.74) is 1.49. The molecule has 0 aliphatic carbocycles. The van der Waals surface area contributed by atoms with Crippen molar-refractivity contribution in [2.75, 3.05) is 39.1 Å². The number of fused-ring (bicyclic) bond motifs is 2. The number of ether oxygens (including phenoxy) is 2. The van der Waals surface area contributed by atoms with Crippen LogP contribution in [0.15, 0.2) is 53.3 Å². The molecule has 1 saturated heterocycles. The van der Waals surface area contributed by atoms with Crippen LogP contribution in [-0.2, 0) is 23.1 Å². The predicted molar refractivity (Wildman–Crippen MR) is 144 cm³/mol. The molecule has 0 unspecified atom stereocenters. The zero-order valence-electron chi connectivity index (χ0n) is 21.3. The van der Waals surface area contributed by atoms with Gasteiger partial charge in [-0.05, 0) is 49.7 Å². The van der Waals surface area contributed by atoms with E-state index >= 15 is 0 Å². The standard InChI is InChI=1S/C27H32N4O6S/c1-38(34,35)29-27(33)22-17-26(32)31(23-5-3-2-4-21(22)23)13-12-30-10-8-20(9-11-30)28-18-19-6-7-24-25(16-19)37-15-14-36-24/h2-7,16-17,20,28H,8-15,18H2,1H3,(H,29,33). The van der Waals surface area contributed by atoms with E-state index in [9.17, 15) is 18.0 Å². The van der Waals surface area contributed by atoms with Gasteiger partial charge in [0.1, 0.15) is 13.2 Å². The highest BCUT2D eigenvalue weighted by molar-refractivity contribution is 7.89. The molecule has 3 aromatic rings. The fraction of sp³-hybridized carbons (Fsp3) is 0.407. The summed E-state index contributed by atoms with van der Waals surface area (Å²) in [5, 5.41) is 4.18. The first-order chi connectivity index (χ1) is 18.3. The van der Waals surface area contributed by atoms with Crippen molar-refractivity contribution in [3.63, 3.8) is 0 Å². The van der Waals surface area contributed by atoms with Crippen LogP contribution in [0, 0.1) is 0 Å². The third kappa shape index (κ3) is 6.17. The van der Waals surface area contributed by atoms with Gasteiger partial charge in [-0.15, -0.1) is 0 Å². The van der Waals surface area contributed by atoms with Crippen molar-refractivity contribution in [3.8, 4) is 11.5 Å². The first-order valence-corrected chi connectivity index (χ1v) is 14.6.